The number of aliphatic hydroxyl groups excluding tert-OH is 4. The number of ether oxygens (including phenoxy) is 6. The number of methoxy groups -OCH3 is 3. The number of rotatable bonds is 12. The summed E-state index contributed by atoms with van der Waals surface area (Å²) in [6, 6.07) is 8.50. The van der Waals surface area contributed by atoms with E-state index in [4.69, 9.17) is 28.4 Å². The fraction of sp³-hybridized carbons (Fsp3) is 0.462. The average Bonchev–Trinajstić information content (AvgIpc) is 2.91. The molecule has 11 nitrogen and oxygen atoms in total. The molecule has 0 spiro atoms. The van der Waals surface area contributed by atoms with Crippen molar-refractivity contribution in [2.75, 3.05) is 41.2 Å². The van der Waals surface area contributed by atoms with E-state index in [1.807, 2.05) is 12.2 Å². The van der Waals surface area contributed by atoms with Gasteiger partial charge in [-0.15, -0.1) is 0 Å². The van der Waals surface area contributed by atoms with Gasteiger partial charge < -0.3 is 54.0 Å². The number of hydrogen-bond donors (Lipinski definition) is 5. The molecule has 37 heavy (non-hydrogen) atoms. The minimum Gasteiger partial charge on any atom is -0.504 e. The SMILES string of the molecule is COc1cc(C=CCOCCc2cc(OC)c(OC3OC(CO)C(O)C(O)C3O)c(OC)c2)ccc1O. The van der Waals surface area contributed by atoms with Crippen LogP contribution in [0.25, 0.3) is 6.08 Å². The van der Waals surface area contributed by atoms with Crippen LogP contribution >= 0.6 is 0 Å². The summed E-state index contributed by atoms with van der Waals surface area (Å²) in [6.45, 7) is 0.203. The maximum absolute atomic E-state index is 10.3. The van der Waals surface area contributed by atoms with Crippen molar-refractivity contribution in [3.63, 3.8) is 0 Å². The zero-order chi connectivity index (χ0) is 26.9. The van der Waals surface area contributed by atoms with Crippen LogP contribution in [0, 0.1) is 0 Å². The van der Waals surface area contributed by atoms with Crippen molar-refractivity contribution in [3.05, 3.63) is 47.5 Å². The van der Waals surface area contributed by atoms with Gasteiger partial charge >= 0.3 is 0 Å². The lowest BCUT2D eigenvalue weighted by Gasteiger charge is -2.39. The molecule has 1 fully saturated rings. The molecule has 11 heteroatoms. The molecule has 2 aromatic carbocycles. The molecule has 5 N–H and O–H groups in total. The maximum Gasteiger partial charge on any atom is 0.229 e. The highest BCUT2D eigenvalue weighted by Crippen LogP contribution is 2.40. The normalized spacial score (nSPS) is 23.7. The Bertz CT molecular complexity index is 1010. The number of hydrogen-bond acceptors (Lipinski definition) is 11. The van der Waals surface area contributed by atoms with E-state index in [1.165, 1.54) is 21.3 Å². The topological polar surface area (TPSA) is 157 Å². The van der Waals surface area contributed by atoms with Gasteiger partial charge in [-0.2, -0.15) is 0 Å². The van der Waals surface area contributed by atoms with Crippen LogP contribution in [-0.2, 0) is 15.9 Å². The van der Waals surface area contributed by atoms with Crippen LogP contribution in [0.2, 0.25) is 0 Å². The van der Waals surface area contributed by atoms with Crippen LogP contribution in [0.4, 0.5) is 0 Å². The third-order valence-electron chi connectivity index (χ3n) is 5.87. The van der Waals surface area contributed by atoms with Crippen molar-refractivity contribution in [3.8, 4) is 28.7 Å². The van der Waals surface area contributed by atoms with Gasteiger partial charge in [0.2, 0.25) is 12.0 Å². The summed E-state index contributed by atoms with van der Waals surface area (Å²) in [5.74, 6) is 1.20. The molecular formula is C26H34O11. The molecule has 1 heterocycles. The van der Waals surface area contributed by atoms with Crippen LogP contribution in [0.5, 0.6) is 28.7 Å². The van der Waals surface area contributed by atoms with Crippen molar-refractivity contribution in [2.24, 2.45) is 0 Å². The van der Waals surface area contributed by atoms with E-state index in [1.54, 1.807) is 30.3 Å². The van der Waals surface area contributed by atoms with Gasteiger partial charge in [0.15, 0.2) is 23.0 Å². The molecule has 2 aromatic rings. The summed E-state index contributed by atoms with van der Waals surface area (Å²) in [5, 5.41) is 49.4. The zero-order valence-electron chi connectivity index (χ0n) is 20.9. The second-order valence-electron chi connectivity index (χ2n) is 8.30. The third-order valence-corrected chi connectivity index (χ3v) is 5.87. The summed E-state index contributed by atoms with van der Waals surface area (Å²) >= 11 is 0. The van der Waals surface area contributed by atoms with Gasteiger partial charge in [-0.3, -0.25) is 0 Å². The average molecular weight is 523 g/mol. The molecule has 5 unspecified atom stereocenters. The van der Waals surface area contributed by atoms with Crippen molar-refractivity contribution < 1.29 is 54.0 Å². The van der Waals surface area contributed by atoms with Crippen molar-refractivity contribution in [1.82, 2.24) is 0 Å². The van der Waals surface area contributed by atoms with Gasteiger partial charge in [-0.25, -0.2) is 0 Å². The molecule has 0 radical (unpaired) electrons. The molecule has 0 aromatic heterocycles. The molecule has 1 aliphatic heterocycles. The van der Waals surface area contributed by atoms with E-state index >= 15 is 0 Å². The van der Waals surface area contributed by atoms with E-state index in [0.29, 0.717) is 36.9 Å². The molecular weight excluding hydrogens is 488 g/mol. The number of aliphatic hydroxyl groups is 4. The molecule has 204 valence electrons. The molecule has 0 aliphatic carbocycles. The summed E-state index contributed by atoms with van der Waals surface area (Å²) < 4.78 is 32.9. The van der Waals surface area contributed by atoms with Crippen molar-refractivity contribution in [2.45, 2.75) is 37.1 Å². The minimum atomic E-state index is -1.57. The van der Waals surface area contributed by atoms with Crippen LogP contribution in [0.1, 0.15) is 11.1 Å². The number of benzene rings is 2. The fourth-order valence-electron chi connectivity index (χ4n) is 3.80. The van der Waals surface area contributed by atoms with Gasteiger partial charge in [0, 0.05) is 0 Å². The Morgan fingerprint density at radius 1 is 0.892 bits per heavy atom. The van der Waals surface area contributed by atoms with E-state index in [9.17, 15) is 25.5 Å². The van der Waals surface area contributed by atoms with E-state index in [2.05, 4.69) is 0 Å². The first-order valence-electron chi connectivity index (χ1n) is 11.7. The lowest BCUT2D eigenvalue weighted by Crippen LogP contribution is -2.60. The van der Waals surface area contributed by atoms with Gasteiger partial charge in [0.05, 0.1) is 41.2 Å². The van der Waals surface area contributed by atoms with Crippen molar-refractivity contribution in [1.29, 1.82) is 0 Å². The lowest BCUT2D eigenvalue weighted by atomic mass is 9.99. The summed E-state index contributed by atoms with van der Waals surface area (Å²) in [5.41, 5.74) is 1.70. The van der Waals surface area contributed by atoms with Gasteiger partial charge in [-0.05, 0) is 41.8 Å². The van der Waals surface area contributed by atoms with E-state index in [0.717, 1.165) is 11.1 Å². The standard InChI is InChI=1S/C26H34O11/c1-32-18-11-15(6-7-17(18)28)5-4-9-35-10-8-16-12-19(33-2)25(20(13-16)34-3)37-26-24(31)23(30)22(29)21(14-27)36-26/h4-7,11-13,21-24,26-31H,8-10,14H2,1-3H3. The van der Waals surface area contributed by atoms with Gasteiger partial charge in [0.1, 0.15) is 24.4 Å². The molecule has 1 saturated heterocycles. The molecule has 5 atom stereocenters. The van der Waals surface area contributed by atoms with Crippen molar-refractivity contribution >= 4 is 6.08 Å². The monoisotopic (exact) mass is 522 g/mol. The number of phenolic OH excluding ortho intramolecular Hbond substituents is 1. The first-order valence-corrected chi connectivity index (χ1v) is 11.7. The Morgan fingerprint density at radius 2 is 1.57 bits per heavy atom. The number of aromatic hydroxyl groups is 1. The largest absolute Gasteiger partial charge is 0.504 e. The maximum atomic E-state index is 10.3. The minimum absolute atomic E-state index is 0.0753. The summed E-state index contributed by atoms with van der Waals surface area (Å²) in [7, 11) is 4.38. The smallest absolute Gasteiger partial charge is 0.229 e. The second kappa shape index (κ2) is 13.5. The molecule has 0 amide bonds. The Morgan fingerprint density at radius 3 is 2.19 bits per heavy atom. The first kappa shape index (κ1) is 28.5. The highest BCUT2D eigenvalue weighted by atomic mass is 16.7. The van der Waals surface area contributed by atoms with E-state index in [-0.39, 0.29) is 11.5 Å². The fourth-order valence-corrected chi connectivity index (χ4v) is 3.80. The Labute approximate surface area is 215 Å². The highest BCUT2D eigenvalue weighted by molar-refractivity contribution is 5.56. The highest BCUT2D eigenvalue weighted by Gasteiger charge is 2.45. The Balaban J connectivity index is 1.61. The van der Waals surface area contributed by atoms with Gasteiger partial charge in [-0.1, -0.05) is 18.2 Å². The first-order chi connectivity index (χ1) is 17.8. The molecule has 1 aliphatic rings. The molecule has 0 saturated carbocycles. The summed E-state index contributed by atoms with van der Waals surface area (Å²) in [4.78, 5) is 0. The summed E-state index contributed by atoms with van der Waals surface area (Å²) in [6.07, 6.45) is -2.89. The van der Waals surface area contributed by atoms with Gasteiger partial charge in [0.25, 0.3) is 0 Å². The lowest BCUT2D eigenvalue weighted by molar-refractivity contribution is -0.277. The van der Waals surface area contributed by atoms with Crippen LogP contribution in [0.3, 0.4) is 0 Å². The third kappa shape index (κ3) is 7.04. The van der Waals surface area contributed by atoms with Crippen LogP contribution in [-0.4, -0.2) is 97.4 Å². The van der Waals surface area contributed by atoms with Crippen LogP contribution < -0.4 is 18.9 Å². The molecule has 3 rings (SSSR count). The Hall–Kier alpha value is -3.06. The van der Waals surface area contributed by atoms with E-state index < -0.39 is 37.3 Å². The predicted octanol–water partition coefficient (Wildman–Crippen LogP) is 0.869. The zero-order valence-corrected chi connectivity index (χ0v) is 20.9. The number of phenols is 1. The predicted molar refractivity (Wildman–Crippen MR) is 132 cm³/mol. The Kier molecular flexibility index (Phi) is 10.4. The second-order valence-corrected chi connectivity index (χ2v) is 8.30. The van der Waals surface area contributed by atoms with Crippen LogP contribution in [0.15, 0.2) is 36.4 Å². The molecule has 0 bridgehead atoms. The quantitative estimate of drug-likeness (QED) is 0.252.